The maximum atomic E-state index is 11.0. The van der Waals surface area contributed by atoms with Crippen LogP contribution >= 0.6 is 0 Å². The minimum atomic E-state index is -0.455. The van der Waals surface area contributed by atoms with E-state index in [2.05, 4.69) is 10.6 Å². The molecule has 3 amide bonds. The first-order valence-corrected chi connectivity index (χ1v) is 4.54. The Balaban J connectivity index is 2.12. The molecule has 0 atom stereocenters. The van der Waals surface area contributed by atoms with Crippen LogP contribution in [0, 0.1) is 0 Å². The summed E-state index contributed by atoms with van der Waals surface area (Å²) in [5.41, 5.74) is 0. The molecule has 1 fully saturated rings. The molecule has 14 heavy (non-hydrogen) atoms. The van der Waals surface area contributed by atoms with Gasteiger partial charge in [-0.1, -0.05) is 0 Å². The molecule has 0 saturated carbocycles. The van der Waals surface area contributed by atoms with Crippen LogP contribution in [0.4, 0.5) is 4.79 Å². The van der Waals surface area contributed by atoms with Crippen molar-refractivity contribution >= 4 is 11.9 Å². The van der Waals surface area contributed by atoms with E-state index in [0.717, 1.165) is 13.1 Å². The molecule has 1 aliphatic rings. The van der Waals surface area contributed by atoms with Crippen LogP contribution < -0.4 is 10.6 Å². The molecule has 0 aromatic heterocycles. The zero-order chi connectivity index (χ0) is 10.4. The molecule has 0 unspecified atom stereocenters. The zero-order valence-electron chi connectivity index (χ0n) is 8.21. The van der Waals surface area contributed by atoms with Gasteiger partial charge in [0.2, 0.25) is 5.91 Å². The second-order valence-electron chi connectivity index (χ2n) is 3.08. The van der Waals surface area contributed by atoms with Gasteiger partial charge in [0.15, 0.2) is 0 Å². The molecule has 0 spiro atoms. The molecule has 0 aromatic carbocycles. The van der Waals surface area contributed by atoms with Crippen molar-refractivity contribution in [1.29, 1.82) is 0 Å². The van der Waals surface area contributed by atoms with Crippen LogP contribution in [0.15, 0.2) is 0 Å². The van der Waals surface area contributed by atoms with Gasteiger partial charge in [0.05, 0.1) is 19.9 Å². The highest BCUT2D eigenvalue weighted by Crippen LogP contribution is 1.93. The van der Waals surface area contributed by atoms with Gasteiger partial charge in [-0.3, -0.25) is 15.0 Å². The van der Waals surface area contributed by atoms with Gasteiger partial charge in [-0.15, -0.1) is 0 Å². The van der Waals surface area contributed by atoms with Crippen LogP contribution in [0.3, 0.4) is 0 Å². The van der Waals surface area contributed by atoms with E-state index in [1.54, 1.807) is 0 Å². The molecule has 1 rings (SSSR count). The highest BCUT2D eigenvalue weighted by atomic mass is 16.5. The van der Waals surface area contributed by atoms with Gasteiger partial charge in [-0.2, -0.15) is 0 Å². The normalized spacial score (nSPS) is 17.5. The molecule has 1 aliphatic heterocycles. The maximum Gasteiger partial charge on any atom is 0.322 e. The van der Waals surface area contributed by atoms with Crippen molar-refractivity contribution < 1.29 is 14.3 Å². The number of hydrogen-bond donors (Lipinski definition) is 2. The molecule has 6 heteroatoms. The first kappa shape index (κ1) is 10.9. The number of urea groups is 1. The van der Waals surface area contributed by atoms with Crippen LogP contribution in [0.5, 0.6) is 0 Å². The third-order valence-electron chi connectivity index (χ3n) is 1.86. The number of morpholine rings is 1. The molecular weight excluding hydrogens is 186 g/mol. The van der Waals surface area contributed by atoms with E-state index in [4.69, 9.17) is 4.74 Å². The van der Waals surface area contributed by atoms with Gasteiger partial charge >= 0.3 is 6.03 Å². The Morgan fingerprint density at radius 3 is 2.57 bits per heavy atom. The number of carbonyl (C=O) groups excluding carboxylic acids is 2. The van der Waals surface area contributed by atoms with E-state index in [0.29, 0.717) is 19.9 Å². The second-order valence-corrected chi connectivity index (χ2v) is 3.08. The summed E-state index contributed by atoms with van der Waals surface area (Å²) in [7, 11) is 0. The Bertz CT molecular complexity index is 214. The van der Waals surface area contributed by atoms with Crippen molar-refractivity contribution in [2.45, 2.75) is 6.92 Å². The summed E-state index contributed by atoms with van der Waals surface area (Å²) in [6.07, 6.45) is 0. The average Bonchev–Trinajstić information content (AvgIpc) is 2.15. The quantitative estimate of drug-likeness (QED) is 0.608. The number of amides is 3. The van der Waals surface area contributed by atoms with Crippen LogP contribution in [0.1, 0.15) is 6.92 Å². The fourth-order valence-electron chi connectivity index (χ4n) is 1.15. The highest BCUT2D eigenvalue weighted by Gasteiger charge is 2.10. The minimum Gasteiger partial charge on any atom is -0.379 e. The number of rotatable bonds is 2. The van der Waals surface area contributed by atoms with E-state index in [1.807, 2.05) is 4.90 Å². The zero-order valence-corrected chi connectivity index (χ0v) is 8.21. The summed E-state index contributed by atoms with van der Waals surface area (Å²) in [6.45, 7) is 4.74. The Hall–Kier alpha value is -1.14. The Morgan fingerprint density at radius 2 is 2.00 bits per heavy atom. The predicted octanol–water partition coefficient (Wildman–Crippen LogP) is -0.878. The third-order valence-corrected chi connectivity index (χ3v) is 1.86. The predicted molar refractivity (Wildman–Crippen MR) is 49.6 cm³/mol. The monoisotopic (exact) mass is 201 g/mol. The molecular formula is C8H15N3O3. The summed E-state index contributed by atoms with van der Waals surface area (Å²) < 4.78 is 5.15. The number of hydrogen-bond acceptors (Lipinski definition) is 4. The Kier molecular flexibility index (Phi) is 4.34. The van der Waals surface area contributed by atoms with Gasteiger partial charge in [0.25, 0.3) is 0 Å². The topological polar surface area (TPSA) is 70.7 Å². The number of ether oxygens (including phenoxy) is 1. The fraction of sp³-hybridized carbons (Fsp3) is 0.750. The number of imide groups is 1. The maximum absolute atomic E-state index is 11.0. The molecule has 6 nitrogen and oxygen atoms in total. The van der Waals surface area contributed by atoms with E-state index in [9.17, 15) is 9.59 Å². The van der Waals surface area contributed by atoms with Crippen LogP contribution in [0.25, 0.3) is 0 Å². The van der Waals surface area contributed by atoms with Gasteiger partial charge in [0.1, 0.15) is 0 Å². The molecule has 1 heterocycles. The Morgan fingerprint density at radius 1 is 1.36 bits per heavy atom. The lowest BCUT2D eigenvalue weighted by molar-refractivity contribution is -0.117. The molecule has 0 bridgehead atoms. The van der Waals surface area contributed by atoms with Crippen molar-refractivity contribution in [3.63, 3.8) is 0 Å². The molecule has 80 valence electrons. The smallest absolute Gasteiger partial charge is 0.322 e. The lowest BCUT2D eigenvalue weighted by Crippen LogP contribution is -2.47. The van der Waals surface area contributed by atoms with E-state index < -0.39 is 6.03 Å². The second kappa shape index (κ2) is 5.56. The third kappa shape index (κ3) is 4.20. The van der Waals surface area contributed by atoms with Gasteiger partial charge in [-0.25, -0.2) is 4.79 Å². The Labute approximate surface area is 82.6 Å². The van der Waals surface area contributed by atoms with Crippen LogP contribution in [0.2, 0.25) is 0 Å². The van der Waals surface area contributed by atoms with Gasteiger partial charge < -0.3 is 10.1 Å². The fourth-order valence-corrected chi connectivity index (χ4v) is 1.15. The number of nitrogens with zero attached hydrogens (tertiary/aromatic N) is 1. The summed E-state index contributed by atoms with van der Waals surface area (Å²) >= 11 is 0. The SMILES string of the molecule is CC(=O)NC(=O)NCN1CCOCC1. The lowest BCUT2D eigenvalue weighted by atomic mass is 10.4. The van der Waals surface area contributed by atoms with Crippen molar-refractivity contribution in [3.05, 3.63) is 0 Å². The molecule has 0 aromatic rings. The van der Waals surface area contributed by atoms with Crippen molar-refractivity contribution in [2.24, 2.45) is 0 Å². The molecule has 0 radical (unpaired) electrons. The van der Waals surface area contributed by atoms with E-state index in [1.165, 1.54) is 6.92 Å². The highest BCUT2D eigenvalue weighted by molar-refractivity contribution is 5.92. The first-order valence-electron chi connectivity index (χ1n) is 4.54. The first-order chi connectivity index (χ1) is 6.68. The molecule has 2 N–H and O–H groups in total. The lowest BCUT2D eigenvalue weighted by Gasteiger charge is -2.26. The van der Waals surface area contributed by atoms with Crippen LogP contribution in [-0.2, 0) is 9.53 Å². The number of nitrogens with one attached hydrogen (secondary N) is 2. The minimum absolute atomic E-state index is 0.357. The van der Waals surface area contributed by atoms with Crippen molar-refractivity contribution in [2.75, 3.05) is 33.0 Å². The molecule has 1 saturated heterocycles. The van der Waals surface area contributed by atoms with Crippen molar-refractivity contribution in [3.8, 4) is 0 Å². The van der Waals surface area contributed by atoms with Gasteiger partial charge in [-0.05, 0) is 0 Å². The van der Waals surface area contributed by atoms with Crippen LogP contribution in [-0.4, -0.2) is 49.8 Å². The summed E-state index contributed by atoms with van der Waals surface area (Å²) in [6, 6.07) is -0.455. The standard InChI is InChI=1S/C8H15N3O3/c1-7(12)10-8(13)9-6-11-2-4-14-5-3-11/h2-6H2,1H3,(H2,9,10,12,13). The largest absolute Gasteiger partial charge is 0.379 e. The van der Waals surface area contributed by atoms with E-state index >= 15 is 0 Å². The summed E-state index contributed by atoms with van der Waals surface area (Å²) in [5, 5.41) is 4.72. The average molecular weight is 201 g/mol. The summed E-state index contributed by atoms with van der Waals surface area (Å²) in [4.78, 5) is 23.5. The molecule has 0 aliphatic carbocycles. The summed E-state index contributed by atoms with van der Waals surface area (Å²) in [5.74, 6) is -0.357. The number of carbonyl (C=O) groups is 2. The van der Waals surface area contributed by atoms with Crippen molar-refractivity contribution in [1.82, 2.24) is 15.5 Å². The van der Waals surface area contributed by atoms with E-state index in [-0.39, 0.29) is 5.91 Å². The van der Waals surface area contributed by atoms with Gasteiger partial charge in [0, 0.05) is 20.0 Å².